The fourth-order valence-electron chi connectivity index (χ4n) is 3.07. The molecule has 0 spiro atoms. The lowest BCUT2D eigenvalue weighted by molar-refractivity contribution is -0.129. The van der Waals surface area contributed by atoms with E-state index in [-0.39, 0.29) is 11.9 Å². The summed E-state index contributed by atoms with van der Waals surface area (Å²) in [6, 6.07) is 15.1. The van der Waals surface area contributed by atoms with Gasteiger partial charge in [-0.25, -0.2) is 0 Å². The van der Waals surface area contributed by atoms with Crippen LogP contribution < -0.4 is 4.90 Å². The van der Waals surface area contributed by atoms with Gasteiger partial charge in [-0.3, -0.25) is 4.79 Å². The molecule has 1 aliphatic rings. The number of amides is 1. The van der Waals surface area contributed by atoms with E-state index in [0.29, 0.717) is 40.5 Å². The van der Waals surface area contributed by atoms with E-state index in [0.717, 1.165) is 11.3 Å². The van der Waals surface area contributed by atoms with Crippen molar-refractivity contribution in [3.05, 3.63) is 63.1 Å². The molecule has 136 valence electrons. The number of rotatable bonds is 4. The molecule has 0 saturated carbocycles. The lowest BCUT2D eigenvalue weighted by Crippen LogP contribution is -2.51. The van der Waals surface area contributed by atoms with E-state index in [1.807, 2.05) is 29.4 Å². The molecule has 26 heavy (non-hydrogen) atoms. The highest BCUT2D eigenvalue weighted by atomic mass is 35.5. The lowest BCUT2D eigenvalue weighted by Gasteiger charge is -2.43. The number of benzene rings is 1. The molecule has 0 bridgehead atoms. The van der Waals surface area contributed by atoms with Crippen molar-refractivity contribution in [3.8, 4) is 0 Å². The first-order valence-electron chi connectivity index (χ1n) is 8.07. The number of nitrogens with zero attached hydrogens (tertiary/aromatic N) is 2. The van der Waals surface area contributed by atoms with Gasteiger partial charge < -0.3 is 9.80 Å². The fraction of sp³-hybridized carbons (Fsp3) is 0.316. The van der Waals surface area contributed by atoms with Crippen LogP contribution in [0.1, 0.15) is 11.6 Å². The number of hydrogen-bond acceptors (Lipinski definition) is 3. The van der Waals surface area contributed by atoms with Gasteiger partial charge in [0.25, 0.3) is 0 Å². The molecule has 1 aliphatic heterocycles. The van der Waals surface area contributed by atoms with Gasteiger partial charge in [-0.2, -0.15) is 11.8 Å². The van der Waals surface area contributed by atoms with Gasteiger partial charge in [0.1, 0.15) is 0 Å². The first-order chi connectivity index (χ1) is 12.5. The van der Waals surface area contributed by atoms with E-state index in [1.165, 1.54) is 11.8 Å². The van der Waals surface area contributed by atoms with Crippen LogP contribution in [0, 0.1) is 12.1 Å². The zero-order valence-corrected chi connectivity index (χ0v) is 17.2. The molecule has 0 radical (unpaired) electrons. The second kappa shape index (κ2) is 8.63. The zero-order chi connectivity index (χ0) is 18.7. The molecule has 7 heteroatoms. The van der Waals surface area contributed by atoms with Crippen LogP contribution in [0.2, 0.25) is 15.1 Å². The first kappa shape index (κ1) is 19.5. The normalized spacial score (nSPS) is 17.2. The molecule has 1 unspecified atom stereocenters. The Balaban J connectivity index is 1.94. The van der Waals surface area contributed by atoms with Crippen molar-refractivity contribution in [2.45, 2.75) is 6.04 Å². The van der Waals surface area contributed by atoms with E-state index in [9.17, 15) is 4.79 Å². The van der Waals surface area contributed by atoms with Crippen molar-refractivity contribution in [2.75, 3.05) is 36.5 Å². The average Bonchev–Trinajstić information content (AvgIpc) is 2.62. The summed E-state index contributed by atoms with van der Waals surface area (Å²) < 4.78 is 0. The summed E-state index contributed by atoms with van der Waals surface area (Å²) in [6.45, 7) is 1.87. The minimum absolute atomic E-state index is 0.0817. The van der Waals surface area contributed by atoms with Crippen LogP contribution in [0.3, 0.4) is 0 Å². The van der Waals surface area contributed by atoms with E-state index >= 15 is 0 Å². The molecule has 1 atom stereocenters. The molecule has 2 aromatic carbocycles. The minimum Gasteiger partial charge on any atom is -0.359 e. The standard InChI is InChI=1S/C19H17Cl3N2OS/c1-26-12-19(25)23-8-9-24(17-7-6-15(21)10-16(17)22)18(11-23)13-2-4-14(20)5-3-13/h2,4,6-7,10,18H,8-9,11-12H2,1H3. The number of anilines is 1. The molecule has 0 aromatic heterocycles. The molecule has 0 aliphatic carbocycles. The average molecular weight is 428 g/mol. The summed E-state index contributed by atoms with van der Waals surface area (Å²) in [6.07, 6.45) is 1.93. The second-order valence-corrected chi connectivity index (χ2v) is 8.08. The predicted octanol–water partition coefficient (Wildman–Crippen LogP) is 5.00. The molecule has 3 nitrogen and oxygen atoms in total. The quantitative estimate of drug-likeness (QED) is 0.686. The van der Waals surface area contributed by atoms with Crippen LogP contribution in [0.15, 0.2) is 30.3 Å². The summed E-state index contributed by atoms with van der Waals surface area (Å²) in [7, 11) is 0. The molecular formula is C19H17Cl3N2OS. The number of piperazine rings is 1. The third kappa shape index (κ3) is 4.35. The smallest absolute Gasteiger partial charge is 0.232 e. The maximum Gasteiger partial charge on any atom is 0.232 e. The maximum absolute atomic E-state index is 12.4. The Morgan fingerprint density at radius 2 is 2.00 bits per heavy atom. The molecular weight excluding hydrogens is 411 g/mol. The van der Waals surface area contributed by atoms with Gasteiger partial charge in [0.2, 0.25) is 5.91 Å². The van der Waals surface area contributed by atoms with Gasteiger partial charge in [0.15, 0.2) is 0 Å². The van der Waals surface area contributed by atoms with E-state index < -0.39 is 0 Å². The Morgan fingerprint density at radius 3 is 2.65 bits per heavy atom. The molecule has 0 N–H and O–H groups in total. The highest BCUT2D eigenvalue weighted by Crippen LogP contribution is 2.36. The molecule has 3 rings (SSSR count). The van der Waals surface area contributed by atoms with E-state index in [1.54, 1.807) is 12.1 Å². The SMILES string of the molecule is CSCC(=O)N1CCN(c2ccc(Cl)cc2Cl)C(c2c#cc(Cl)cc2)C1. The van der Waals surface area contributed by atoms with Gasteiger partial charge in [-0.1, -0.05) is 40.9 Å². The first-order valence-corrected chi connectivity index (χ1v) is 10.6. The molecule has 1 fully saturated rings. The van der Waals surface area contributed by atoms with Crippen LogP contribution in [0.4, 0.5) is 5.69 Å². The number of carbonyl (C=O) groups excluding carboxylic acids is 1. The van der Waals surface area contributed by atoms with Crippen molar-refractivity contribution in [1.29, 1.82) is 0 Å². The van der Waals surface area contributed by atoms with Crippen molar-refractivity contribution in [2.24, 2.45) is 0 Å². The van der Waals surface area contributed by atoms with Gasteiger partial charge in [-0.05, 0) is 42.7 Å². The third-order valence-electron chi connectivity index (χ3n) is 4.31. The Kier molecular flexibility index (Phi) is 6.47. The Morgan fingerprint density at radius 1 is 1.19 bits per heavy atom. The summed E-state index contributed by atoms with van der Waals surface area (Å²) in [5, 5.41) is 1.69. The summed E-state index contributed by atoms with van der Waals surface area (Å²) in [4.78, 5) is 16.5. The minimum atomic E-state index is -0.0817. The van der Waals surface area contributed by atoms with Crippen molar-refractivity contribution >= 4 is 58.2 Å². The number of hydrogen-bond donors (Lipinski definition) is 0. The van der Waals surface area contributed by atoms with Crippen LogP contribution in [0.5, 0.6) is 0 Å². The highest BCUT2D eigenvalue weighted by Gasteiger charge is 2.31. The number of halogens is 3. The van der Waals surface area contributed by atoms with Crippen molar-refractivity contribution in [3.63, 3.8) is 0 Å². The molecule has 1 saturated heterocycles. The molecule has 1 amide bonds. The Hall–Kier alpha value is -1.25. The summed E-state index contributed by atoms with van der Waals surface area (Å²) in [5.74, 6) is 0.618. The highest BCUT2D eigenvalue weighted by molar-refractivity contribution is 7.99. The van der Waals surface area contributed by atoms with Crippen molar-refractivity contribution < 1.29 is 4.79 Å². The Labute approximate surface area is 173 Å². The summed E-state index contributed by atoms with van der Waals surface area (Å²) in [5.41, 5.74) is 1.81. The van der Waals surface area contributed by atoms with Gasteiger partial charge in [-0.15, -0.1) is 0 Å². The summed E-state index contributed by atoms with van der Waals surface area (Å²) >= 11 is 20.0. The number of carbonyl (C=O) groups is 1. The molecule has 1 heterocycles. The van der Waals surface area contributed by atoms with Gasteiger partial charge in [0, 0.05) is 30.2 Å². The van der Waals surface area contributed by atoms with Crippen LogP contribution in [-0.2, 0) is 4.79 Å². The van der Waals surface area contributed by atoms with Crippen molar-refractivity contribution in [1.82, 2.24) is 4.90 Å². The monoisotopic (exact) mass is 426 g/mol. The van der Waals surface area contributed by atoms with E-state index in [2.05, 4.69) is 17.0 Å². The topological polar surface area (TPSA) is 23.6 Å². The van der Waals surface area contributed by atoms with Crippen LogP contribution in [0.25, 0.3) is 0 Å². The van der Waals surface area contributed by atoms with E-state index in [4.69, 9.17) is 34.8 Å². The van der Waals surface area contributed by atoms with Crippen LogP contribution in [-0.4, -0.2) is 42.4 Å². The van der Waals surface area contributed by atoms with Gasteiger partial charge in [0.05, 0.1) is 27.5 Å². The zero-order valence-electron chi connectivity index (χ0n) is 14.1. The largest absolute Gasteiger partial charge is 0.359 e. The number of thioether (sulfide) groups is 1. The predicted molar refractivity (Wildman–Crippen MR) is 111 cm³/mol. The molecule has 2 aromatic rings. The maximum atomic E-state index is 12.4. The lowest BCUT2D eigenvalue weighted by atomic mass is 10.0. The third-order valence-corrected chi connectivity index (χ3v) is 5.61. The second-order valence-electron chi connectivity index (χ2n) is 5.96. The van der Waals surface area contributed by atoms with Crippen LogP contribution >= 0.6 is 46.6 Å². The fourth-order valence-corrected chi connectivity index (χ4v) is 4.12. The van der Waals surface area contributed by atoms with Gasteiger partial charge >= 0.3 is 0 Å². The Bertz CT molecular complexity index is 785.